The summed E-state index contributed by atoms with van der Waals surface area (Å²) in [6.45, 7) is -0.141. The second kappa shape index (κ2) is 5.62. The van der Waals surface area contributed by atoms with Crippen LogP contribution in [0, 0.1) is 0 Å². The van der Waals surface area contributed by atoms with Crippen LogP contribution in [-0.4, -0.2) is 18.0 Å². The van der Waals surface area contributed by atoms with Gasteiger partial charge in [0.25, 0.3) is 6.43 Å². The SMILES string of the molecule is NCc1ncccc1COCC(F)F. The largest absolute Gasteiger partial charge is 0.371 e. The molecule has 0 saturated carbocycles. The van der Waals surface area contributed by atoms with E-state index in [9.17, 15) is 8.78 Å². The molecular formula is C9H12F2N2O. The summed E-state index contributed by atoms with van der Waals surface area (Å²) >= 11 is 0. The minimum Gasteiger partial charge on any atom is -0.371 e. The van der Waals surface area contributed by atoms with Crippen molar-refractivity contribution in [2.24, 2.45) is 5.73 Å². The van der Waals surface area contributed by atoms with E-state index in [4.69, 9.17) is 10.5 Å². The average Bonchev–Trinajstić information content (AvgIpc) is 2.18. The summed E-state index contributed by atoms with van der Waals surface area (Å²) in [6, 6.07) is 3.49. The summed E-state index contributed by atoms with van der Waals surface area (Å²) in [6.07, 6.45) is -0.827. The molecule has 0 fully saturated rings. The molecule has 1 aromatic rings. The minimum absolute atomic E-state index is 0.130. The van der Waals surface area contributed by atoms with Crippen LogP contribution >= 0.6 is 0 Å². The summed E-state index contributed by atoms with van der Waals surface area (Å²) in [7, 11) is 0. The van der Waals surface area contributed by atoms with Crippen LogP contribution in [0.25, 0.3) is 0 Å². The lowest BCUT2D eigenvalue weighted by molar-refractivity contribution is 0.00957. The predicted molar refractivity (Wildman–Crippen MR) is 47.8 cm³/mol. The van der Waals surface area contributed by atoms with Crippen molar-refractivity contribution in [3.63, 3.8) is 0 Å². The molecule has 0 radical (unpaired) electrons. The summed E-state index contributed by atoms with van der Waals surface area (Å²) < 4.78 is 28.3. The normalized spacial score (nSPS) is 10.9. The van der Waals surface area contributed by atoms with Gasteiger partial charge in [0, 0.05) is 18.3 Å². The Kier molecular flexibility index (Phi) is 4.42. The van der Waals surface area contributed by atoms with Crippen molar-refractivity contribution in [2.75, 3.05) is 6.61 Å². The smallest absolute Gasteiger partial charge is 0.261 e. The first-order valence-corrected chi connectivity index (χ1v) is 4.22. The zero-order chi connectivity index (χ0) is 10.4. The number of hydrogen-bond acceptors (Lipinski definition) is 3. The number of nitrogens with zero attached hydrogens (tertiary/aromatic N) is 1. The quantitative estimate of drug-likeness (QED) is 0.783. The minimum atomic E-state index is -2.44. The third-order valence-electron chi connectivity index (χ3n) is 1.68. The Hall–Kier alpha value is -1.07. The number of hydrogen-bond donors (Lipinski definition) is 1. The molecule has 1 aromatic heterocycles. The molecule has 0 amide bonds. The topological polar surface area (TPSA) is 48.1 Å². The molecule has 3 nitrogen and oxygen atoms in total. The molecule has 14 heavy (non-hydrogen) atoms. The van der Waals surface area contributed by atoms with Crippen molar-refractivity contribution >= 4 is 0 Å². The molecule has 0 aliphatic carbocycles. The van der Waals surface area contributed by atoms with Crippen LogP contribution in [0.5, 0.6) is 0 Å². The van der Waals surface area contributed by atoms with E-state index in [1.54, 1.807) is 18.3 Å². The summed E-state index contributed by atoms with van der Waals surface area (Å²) in [5.41, 5.74) is 6.86. The Morgan fingerprint density at radius 3 is 2.93 bits per heavy atom. The summed E-state index contributed by atoms with van der Waals surface area (Å²) in [4.78, 5) is 4.00. The van der Waals surface area contributed by atoms with Crippen molar-refractivity contribution < 1.29 is 13.5 Å². The number of pyridine rings is 1. The maximum absolute atomic E-state index is 11.8. The molecule has 2 N–H and O–H groups in total. The van der Waals surface area contributed by atoms with Gasteiger partial charge < -0.3 is 10.5 Å². The number of alkyl halides is 2. The van der Waals surface area contributed by atoms with Gasteiger partial charge in [-0.25, -0.2) is 8.78 Å². The fraction of sp³-hybridized carbons (Fsp3) is 0.444. The molecule has 5 heteroatoms. The highest BCUT2D eigenvalue weighted by molar-refractivity contribution is 5.18. The third-order valence-corrected chi connectivity index (χ3v) is 1.68. The van der Waals surface area contributed by atoms with Crippen LogP contribution in [0.1, 0.15) is 11.3 Å². The molecule has 1 rings (SSSR count). The van der Waals surface area contributed by atoms with Gasteiger partial charge in [-0.05, 0) is 6.07 Å². The molecule has 0 bridgehead atoms. The first-order valence-electron chi connectivity index (χ1n) is 4.22. The van der Waals surface area contributed by atoms with E-state index in [1.807, 2.05) is 0 Å². The van der Waals surface area contributed by atoms with Crippen molar-refractivity contribution in [2.45, 2.75) is 19.6 Å². The van der Waals surface area contributed by atoms with Crippen LogP contribution < -0.4 is 5.73 Å². The maximum atomic E-state index is 11.8. The lowest BCUT2D eigenvalue weighted by atomic mass is 10.2. The van der Waals surface area contributed by atoms with Gasteiger partial charge in [-0.15, -0.1) is 0 Å². The molecule has 1 heterocycles. The Morgan fingerprint density at radius 2 is 2.29 bits per heavy atom. The van der Waals surface area contributed by atoms with E-state index in [-0.39, 0.29) is 13.2 Å². The van der Waals surface area contributed by atoms with Gasteiger partial charge in [0.05, 0.1) is 12.3 Å². The number of rotatable bonds is 5. The zero-order valence-electron chi connectivity index (χ0n) is 7.62. The molecule has 0 saturated heterocycles. The third kappa shape index (κ3) is 3.35. The van der Waals surface area contributed by atoms with Crippen molar-refractivity contribution in [1.29, 1.82) is 0 Å². The highest BCUT2D eigenvalue weighted by atomic mass is 19.3. The van der Waals surface area contributed by atoms with Gasteiger partial charge in [-0.2, -0.15) is 0 Å². The second-order valence-electron chi connectivity index (χ2n) is 2.72. The monoisotopic (exact) mass is 202 g/mol. The molecule has 78 valence electrons. The first kappa shape index (κ1) is 11.0. The fourth-order valence-corrected chi connectivity index (χ4v) is 1.04. The van der Waals surface area contributed by atoms with Gasteiger partial charge in [0.2, 0.25) is 0 Å². The zero-order valence-corrected chi connectivity index (χ0v) is 7.62. The standard InChI is InChI=1S/C9H12F2N2O/c10-9(11)6-14-5-7-2-1-3-13-8(7)4-12/h1-3,9H,4-6,12H2. The Bertz CT molecular complexity index is 281. The summed E-state index contributed by atoms with van der Waals surface area (Å²) in [5, 5.41) is 0. The number of nitrogens with two attached hydrogens (primary N) is 1. The van der Waals surface area contributed by atoms with Gasteiger partial charge in [-0.1, -0.05) is 6.07 Å². The Balaban J connectivity index is 2.49. The first-order chi connectivity index (χ1) is 6.74. The number of aromatic nitrogens is 1. The van der Waals surface area contributed by atoms with Gasteiger partial charge in [-0.3, -0.25) is 4.98 Å². The van der Waals surface area contributed by atoms with Crippen molar-refractivity contribution in [3.05, 3.63) is 29.6 Å². The van der Waals surface area contributed by atoms with Crippen molar-refractivity contribution in [3.8, 4) is 0 Å². The maximum Gasteiger partial charge on any atom is 0.261 e. The molecule has 0 aliphatic rings. The molecule has 0 spiro atoms. The van der Waals surface area contributed by atoms with Crippen LogP contribution in [0.3, 0.4) is 0 Å². The van der Waals surface area contributed by atoms with Gasteiger partial charge in [0.15, 0.2) is 0 Å². The Labute approximate surface area is 80.9 Å². The molecular weight excluding hydrogens is 190 g/mol. The van der Waals surface area contributed by atoms with E-state index in [0.29, 0.717) is 5.69 Å². The fourth-order valence-electron chi connectivity index (χ4n) is 1.04. The van der Waals surface area contributed by atoms with Crippen LogP contribution in [-0.2, 0) is 17.9 Å². The number of halogens is 2. The lowest BCUT2D eigenvalue weighted by Crippen LogP contribution is -2.08. The van der Waals surface area contributed by atoms with Crippen molar-refractivity contribution in [1.82, 2.24) is 4.98 Å². The molecule has 0 aromatic carbocycles. The highest BCUT2D eigenvalue weighted by Crippen LogP contribution is 2.06. The Morgan fingerprint density at radius 1 is 1.50 bits per heavy atom. The average molecular weight is 202 g/mol. The van der Waals surface area contributed by atoms with E-state index >= 15 is 0 Å². The molecule has 0 atom stereocenters. The van der Waals surface area contributed by atoms with Gasteiger partial charge >= 0.3 is 0 Å². The highest BCUT2D eigenvalue weighted by Gasteiger charge is 2.04. The predicted octanol–water partition coefficient (Wildman–Crippen LogP) is 1.32. The van der Waals surface area contributed by atoms with Crippen LogP contribution in [0.4, 0.5) is 8.78 Å². The van der Waals surface area contributed by atoms with E-state index < -0.39 is 13.0 Å². The molecule has 0 unspecified atom stereocenters. The van der Waals surface area contributed by atoms with E-state index in [2.05, 4.69) is 4.98 Å². The van der Waals surface area contributed by atoms with E-state index in [1.165, 1.54) is 0 Å². The van der Waals surface area contributed by atoms with E-state index in [0.717, 1.165) is 5.56 Å². The van der Waals surface area contributed by atoms with Gasteiger partial charge in [0.1, 0.15) is 6.61 Å². The second-order valence-corrected chi connectivity index (χ2v) is 2.72. The van der Waals surface area contributed by atoms with Crippen LogP contribution in [0.15, 0.2) is 18.3 Å². The number of ether oxygens (including phenoxy) is 1. The molecule has 0 aliphatic heterocycles. The lowest BCUT2D eigenvalue weighted by Gasteiger charge is -2.06. The summed E-state index contributed by atoms with van der Waals surface area (Å²) in [5.74, 6) is 0. The van der Waals surface area contributed by atoms with Crippen LogP contribution in [0.2, 0.25) is 0 Å².